The van der Waals surface area contributed by atoms with Crippen molar-refractivity contribution in [3.8, 4) is 5.75 Å². The highest BCUT2D eigenvalue weighted by Crippen LogP contribution is 2.39. The van der Waals surface area contributed by atoms with E-state index in [1.165, 1.54) is 12.1 Å². The van der Waals surface area contributed by atoms with E-state index in [9.17, 15) is 22.8 Å². The first-order valence-electron chi connectivity index (χ1n) is 10.2. The summed E-state index contributed by atoms with van der Waals surface area (Å²) in [5, 5.41) is 9.48. The Morgan fingerprint density at radius 3 is 2.33 bits per heavy atom. The van der Waals surface area contributed by atoms with Crippen LogP contribution in [0.3, 0.4) is 0 Å². The molecule has 0 aromatic heterocycles. The fraction of sp³-hybridized carbons (Fsp3) is 0.700. The molecule has 30 heavy (non-hydrogen) atoms. The average Bonchev–Trinajstić information content (AvgIpc) is 2.66. The molecule has 1 aromatic carbocycles. The molecule has 1 aromatic rings. The zero-order valence-electron chi connectivity index (χ0n) is 17.3. The largest absolute Gasteiger partial charge is 0.493 e. The fourth-order valence-corrected chi connectivity index (χ4v) is 3.75. The van der Waals surface area contributed by atoms with E-state index in [1.54, 1.807) is 0 Å². The van der Waals surface area contributed by atoms with Gasteiger partial charge in [0.25, 0.3) is 0 Å². The third-order valence-electron chi connectivity index (χ3n) is 4.98. The number of aliphatic hydroxyl groups is 1. The second kappa shape index (κ2) is 12.1. The molecule has 0 saturated heterocycles. The summed E-state index contributed by atoms with van der Waals surface area (Å²) in [5.74, 6) is -0.218. The predicted molar refractivity (Wildman–Crippen MR) is 110 cm³/mol. The molecule has 0 radical (unpaired) electrons. The lowest BCUT2D eigenvalue weighted by atomic mass is 9.90. The SMILES string of the molecule is CCCCCCCOc1ccc(CCC(N)(CO)CCP(=O)(O)O)cc1C(F)(F)F. The van der Waals surface area contributed by atoms with Crippen LogP contribution in [0.5, 0.6) is 5.75 Å². The number of unbranched alkanes of at least 4 members (excludes halogenated alkanes) is 4. The Balaban J connectivity index is 2.78. The van der Waals surface area contributed by atoms with Crippen molar-refractivity contribution >= 4 is 7.60 Å². The van der Waals surface area contributed by atoms with Crippen LogP contribution in [0.4, 0.5) is 13.2 Å². The van der Waals surface area contributed by atoms with E-state index < -0.39 is 37.6 Å². The molecule has 0 heterocycles. The van der Waals surface area contributed by atoms with Crippen LogP contribution >= 0.6 is 7.60 Å². The molecule has 6 nitrogen and oxygen atoms in total. The number of hydrogen-bond donors (Lipinski definition) is 4. The Morgan fingerprint density at radius 2 is 1.77 bits per heavy atom. The zero-order chi connectivity index (χ0) is 22.8. The molecule has 10 heteroatoms. The molecule has 1 atom stereocenters. The average molecular weight is 455 g/mol. The molecule has 5 N–H and O–H groups in total. The van der Waals surface area contributed by atoms with Gasteiger partial charge in [-0.05, 0) is 43.4 Å². The van der Waals surface area contributed by atoms with Crippen molar-refractivity contribution in [2.45, 2.75) is 70.0 Å². The van der Waals surface area contributed by atoms with Crippen molar-refractivity contribution in [3.05, 3.63) is 29.3 Å². The number of benzene rings is 1. The minimum absolute atomic E-state index is 0.0818. The van der Waals surface area contributed by atoms with Crippen LogP contribution in [0, 0.1) is 0 Å². The molecule has 0 saturated carbocycles. The van der Waals surface area contributed by atoms with Crippen LogP contribution in [0.1, 0.15) is 63.0 Å². The van der Waals surface area contributed by atoms with Gasteiger partial charge in [-0.25, -0.2) is 0 Å². The number of ether oxygens (including phenoxy) is 1. The van der Waals surface area contributed by atoms with Gasteiger partial charge in [0.15, 0.2) is 0 Å². The van der Waals surface area contributed by atoms with Gasteiger partial charge in [0, 0.05) is 5.54 Å². The van der Waals surface area contributed by atoms with Gasteiger partial charge in [-0.3, -0.25) is 4.57 Å². The van der Waals surface area contributed by atoms with Crippen LogP contribution in [0.2, 0.25) is 0 Å². The van der Waals surface area contributed by atoms with E-state index in [0.717, 1.165) is 31.7 Å². The topological polar surface area (TPSA) is 113 Å². The van der Waals surface area contributed by atoms with E-state index in [1.807, 2.05) is 0 Å². The standard InChI is InChI=1S/C20H33F3NO5P/c1-2-3-4-5-6-12-29-18-8-7-16(14-17(18)20(21,22)23)9-10-19(24,15-25)11-13-30(26,27)28/h7-8,14,25H,2-6,9-13,15,24H2,1H3,(H2,26,27,28). The third kappa shape index (κ3) is 10.3. The highest BCUT2D eigenvalue weighted by atomic mass is 31.2. The van der Waals surface area contributed by atoms with Crippen molar-refractivity contribution in [2.24, 2.45) is 5.73 Å². The molecule has 0 fully saturated rings. The summed E-state index contributed by atoms with van der Waals surface area (Å²) >= 11 is 0. The van der Waals surface area contributed by atoms with E-state index >= 15 is 0 Å². The van der Waals surface area contributed by atoms with Gasteiger partial charge in [-0.1, -0.05) is 38.7 Å². The summed E-state index contributed by atoms with van der Waals surface area (Å²) in [5.41, 5.74) is 4.19. The summed E-state index contributed by atoms with van der Waals surface area (Å²) in [6.07, 6.45) is -0.220. The number of aryl methyl sites for hydroxylation is 1. The fourth-order valence-electron chi connectivity index (χ4n) is 3.01. The van der Waals surface area contributed by atoms with Crippen LogP contribution in [-0.2, 0) is 17.2 Å². The lowest BCUT2D eigenvalue weighted by Gasteiger charge is -2.27. The van der Waals surface area contributed by atoms with Crippen molar-refractivity contribution in [3.63, 3.8) is 0 Å². The van der Waals surface area contributed by atoms with Gasteiger partial charge in [-0.2, -0.15) is 13.2 Å². The lowest BCUT2D eigenvalue weighted by Crippen LogP contribution is -2.44. The first-order valence-corrected chi connectivity index (χ1v) is 12.0. The first-order chi connectivity index (χ1) is 13.9. The van der Waals surface area contributed by atoms with Crippen LogP contribution in [0.25, 0.3) is 0 Å². The molecule has 1 unspecified atom stereocenters. The maximum absolute atomic E-state index is 13.5. The van der Waals surface area contributed by atoms with E-state index in [2.05, 4.69) is 6.92 Å². The number of nitrogens with two attached hydrogens (primary N) is 1. The maximum atomic E-state index is 13.5. The molecule has 0 aliphatic carbocycles. The lowest BCUT2D eigenvalue weighted by molar-refractivity contribution is -0.139. The van der Waals surface area contributed by atoms with E-state index in [-0.39, 0.29) is 31.6 Å². The number of aliphatic hydroxyl groups excluding tert-OH is 1. The third-order valence-corrected chi connectivity index (χ3v) is 5.79. The Hall–Kier alpha value is -1.12. The van der Waals surface area contributed by atoms with Crippen LogP contribution in [-0.4, -0.2) is 39.8 Å². The smallest absolute Gasteiger partial charge is 0.419 e. The molecule has 0 amide bonds. The summed E-state index contributed by atoms with van der Waals surface area (Å²) in [6, 6.07) is 3.81. The summed E-state index contributed by atoms with van der Waals surface area (Å²) < 4.78 is 56.8. The number of halogens is 3. The highest BCUT2D eigenvalue weighted by Gasteiger charge is 2.35. The van der Waals surface area contributed by atoms with Crippen molar-refractivity contribution in [1.29, 1.82) is 0 Å². The predicted octanol–water partition coefficient (Wildman–Crippen LogP) is 4.24. The highest BCUT2D eigenvalue weighted by molar-refractivity contribution is 7.51. The Labute approximate surface area is 175 Å². The zero-order valence-corrected chi connectivity index (χ0v) is 18.2. The molecule has 0 bridgehead atoms. The number of alkyl halides is 3. The quantitative estimate of drug-likeness (QED) is 0.247. The Kier molecular flexibility index (Phi) is 10.8. The molecular weight excluding hydrogens is 422 g/mol. The van der Waals surface area contributed by atoms with Gasteiger partial charge in [-0.15, -0.1) is 0 Å². The Morgan fingerprint density at radius 1 is 1.10 bits per heavy atom. The van der Waals surface area contributed by atoms with Gasteiger partial charge >= 0.3 is 13.8 Å². The second-order valence-electron chi connectivity index (χ2n) is 7.75. The van der Waals surface area contributed by atoms with Gasteiger partial charge in [0.1, 0.15) is 5.75 Å². The van der Waals surface area contributed by atoms with Crippen molar-refractivity contribution in [1.82, 2.24) is 0 Å². The molecule has 174 valence electrons. The first kappa shape index (κ1) is 26.9. The summed E-state index contributed by atoms with van der Waals surface area (Å²) in [7, 11) is -4.28. The number of rotatable bonds is 14. The maximum Gasteiger partial charge on any atom is 0.419 e. The van der Waals surface area contributed by atoms with E-state index in [0.29, 0.717) is 12.0 Å². The van der Waals surface area contributed by atoms with Crippen molar-refractivity contribution < 1.29 is 37.4 Å². The second-order valence-corrected chi connectivity index (χ2v) is 9.53. The summed E-state index contributed by atoms with van der Waals surface area (Å²) in [4.78, 5) is 18.0. The van der Waals surface area contributed by atoms with E-state index in [4.69, 9.17) is 20.3 Å². The molecular formula is C20H33F3NO5P. The molecule has 0 spiro atoms. The molecule has 1 rings (SSSR count). The van der Waals surface area contributed by atoms with Gasteiger partial charge < -0.3 is 25.4 Å². The minimum atomic E-state index is -4.58. The molecule has 0 aliphatic rings. The summed E-state index contributed by atoms with van der Waals surface area (Å²) in [6.45, 7) is 1.77. The monoisotopic (exact) mass is 455 g/mol. The van der Waals surface area contributed by atoms with Crippen LogP contribution < -0.4 is 10.5 Å². The minimum Gasteiger partial charge on any atom is -0.493 e. The normalized spacial score (nSPS) is 14.5. The molecule has 0 aliphatic heterocycles. The van der Waals surface area contributed by atoms with Gasteiger partial charge in [0.2, 0.25) is 0 Å². The van der Waals surface area contributed by atoms with Gasteiger partial charge in [0.05, 0.1) is 24.9 Å². The van der Waals surface area contributed by atoms with Crippen molar-refractivity contribution in [2.75, 3.05) is 19.4 Å². The van der Waals surface area contributed by atoms with Crippen LogP contribution in [0.15, 0.2) is 18.2 Å². The number of hydrogen-bond acceptors (Lipinski definition) is 4. The Bertz CT molecular complexity index is 696.